The lowest BCUT2D eigenvalue weighted by Crippen LogP contribution is -2.25. The van der Waals surface area contributed by atoms with Crippen LogP contribution < -0.4 is 5.32 Å². The first kappa shape index (κ1) is 12.4. The number of amides is 1. The fourth-order valence-corrected chi connectivity index (χ4v) is 0.887. The number of rotatable bonds is 7. The van der Waals surface area contributed by atoms with Crippen LogP contribution in [0.1, 0.15) is 20.3 Å². The number of nitrogens with one attached hydrogen (secondary N) is 1. The molecule has 0 aromatic carbocycles. The second kappa shape index (κ2) is 8.01. The highest BCUT2D eigenvalue weighted by Gasteiger charge is 2.00. The van der Waals surface area contributed by atoms with Crippen molar-refractivity contribution in [1.29, 1.82) is 0 Å². The van der Waals surface area contributed by atoms with Gasteiger partial charge in [0.1, 0.15) is 0 Å². The molecule has 4 heteroatoms. The van der Waals surface area contributed by atoms with Crippen LogP contribution in [-0.2, 0) is 9.53 Å². The number of aliphatic hydroxyl groups excluding tert-OH is 1. The van der Waals surface area contributed by atoms with Crippen LogP contribution in [0.2, 0.25) is 0 Å². The molecule has 0 fully saturated rings. The highest BCUT2D eigenvalue weighted by molar-refractivity contribution is 5.72. The van der Waals surface area contributed by atoms with E-state index in [1.165, 1.54) is 6.92 Å². The van der Waals surface area contributed by atoms with Crippen LogP contribution in [0.3, 0.4) is 0 Å². The minimum absolute atomic E-state index is 0.0352. The predicted octanol–water partition coefficient (Wildman–Crippen LogP) is 0.158. The molecular formula is C9H19NO3. The van der Waals surface area contributed by atoms with Crippen LogP contribution in [-0.4, -0.2) is 37.4 Å². The van der Waals surface area contributed by atoms with Crippen LogP contribution >= 0.6 is 0 Å². The number of carbonyl (C=O) groups excluding carboxylic acids is 1. The molecule has 0 rings (SSSR count). The maximum atomic E-state index is 10.4. The van der Waals surface area contributed by atoms with Gasteiger partial charge in [0.25, 0.3) is 0 Å². The standard InChI is InChI=1S/C9H19NO3/c1-8(3-5-11)7-13-6-4-10-9(2)12/h8,11H,3-7H2,1-2H3,(H,10,12). The van der Waals surface area contributed by atoms with Crippen molar-refractivity contribution in [2.24, 2.45) is 5.92 Å². The van der Waals surface area contributed by atoms with E-state index in [0.29, 0.717) is 25.7 Å². The summed E-state index contributed by atoms with van der Waals surface area (Å²) < 4.78 is 5.27. The van der Waals surface area contributed by atoms with Crippen LogP contribution in [0.25, 0.3) is 0 Å². The van der Waals surface area contributed by atoms with Gasteiger partial charge in [0.2, 0.25) is 5.91 Å². The Balaban J connectivity index is 3.11. The van der Waals surface area contributed by atoms with E-state index in [0.717, 1.165) is 6.42 Å². The molecule has 0 aliphatic heterocycles. The second-order valence-corrected chi connectivity index (χ2v) is 3.18. The number of ether oxygens (including phenoxy) is 1. The third kappa shape index (κ3) is 9.30. The predicted molar refractivity (Wildman–Crippen MR) is 50.4 cm³/mol. The van der Waals surface area contributed by atoms with Crippen molar-refractivity contribution in [3.8, 4) is 0 Å². The van der Waals surface area contributed by atoms with E-state index in [-0.39, 0.29) is 12.5 Å². The van der Waals surface area contributed by atoms with Gasteiger partial charge in [-0.15, -0.1) is 0 Å². The summed E-state index contributed by atoms with van der Waals surface area (Å²) in [4.78, 5) is 10.4. The average molecular weight is 189 g/mol. The molecule has 0 spiro atoms. The van der Waals surface area contributed by atoms with Crippen molar-refractivity contribution in [2.75, 3.05) is 26.4 Å². The molecule has 0 aromatic rings. The zero-order valence-corrected chi connectivity index (χ0v) is 8.38. The number of hydrogen-bond acceptors (Lipinski definition) is 3. The summed E-state index contributed by atoms with van der Waals surface area (Å²) in [5.74, 6) is 0.342. The number of hydrogen-bond donors (Lipinski definition) is 2. The van der Waals surface area contributed by atoms with Gasteiger partial charge in [-0.25, -0.2) is 0 Å². The van der Waals surface area contributed by atoms with Crippen LogP contribution in [0.5, 0.6) is 0 Å². The summed E-state index contributed by atoms with van der Waals surface area (Å²) in [5, 5.41) is 11.2. The molecule has 0 radical (unpaired) electrons. The van der Waals surface area contributed by atoms with E-state index in [1.54, 1.807) is 0 Å². The minimum atomic E-state index is -0.0352. The van der Waals surface area contributed by atoms with Crippen molar-refractivity contribution in [2.45, 2.75) is 20.3 Å². The third-order valence-corrected chi connectivity index (χ3v) is 1.64. The van der Waals surface area contributed by atoms with E-state index in [2.05, 4.69) is 5.32 Å². The Morgan fingerprint density at radius 3 is 2.85 bits per heavy atom. The van der Waals surface area contributed by atoms with Gasteiger partial charge in [-0.05, 0) is 12.3 Å². The molecule has 0 aromatic heterocycles. The Morgan fingerprint density at radius 2 is 2.31 bits per heavy atom. The van der Waals surface area contributed by atoms with Crippen molar-refractivity contribution in [3.63, 3.8) is 0 Å². The molecule has 1 unspecified atom stereocenters. The average Bonchev–Trinajstić information content (AvgIpc) is 2.03. The van der Waals surface area contributed by atoms with Crippen molar-refractivity contribution in [1.82, 2.24) is 5.32 Å². The summed E-state index contributed by atoms with van der Waals surface area (Å²) >= 11 is 0. The van der Waals surface area contributed by atoms with Crippen molar-refractivity contribution < 1.29 is 14.6 Å². The molecule has 2 N–H and O–H groups in total. The van der Waals surface area contributed by atoms with Crippen LogP contribution in [0, 0.1) is 5.92 Å². The fraction of sp³-hybridized carbons (Fsp3) is 0.889. The summed E-state index contributed by atoms with van der Waals surface area (Å²) in [6.07, 6.45) is 0.764. The summed E-state index contributed by atoms with van der Waals surface area (Å²) in [6, 6.07) is 0. The van der Waals surface area contributed by atoms with Gasteiger partial charge in [-0.3, -0.25) is 4.79 Å². The topological polar surface area (TPSA) is 58.6 Å². The normalized spacial score (nSPS) is 12.5. The molecular weight excluding hydrogens is 170 g/mol. The first-order chi connectivity index (χ1) is 6.16. The molecule has 0 saturated carbocycles. The highest BCUT2D eigenvalue weighted by atomic mass is 16.5. The van der Waals surface area contributed by atoms with Gasteiger partial charge in [-0.1, -0.05) is 6.92 Å². The lowest BCUT2D eigenvalue weighted by Gasteiger charge is -2.10. The summed E-state index contributed by atoms with van der Waals surface area (Å²) in [5.41, 5.74) is 0. The number of aliphatic hydroxyl groups is 1. The second-order valence-electron chi connectivity index (χ2n) is 3.18. The van der Waals surface area contributed by atoms with Crippen LogP contribution in [0.4, 0.5) is 0 Å². The molecule has 4 nitrogen and oxygen atoms in total. The highest BCUT2D eigenvalue weighted by Crippen LogP contribution is 2.00. The Labute approximate surface area is 79.3 Å². The zero-order chi connectivity index (χ0) is 10.1. The molecule has 0 bridgehead atoms. The molecule has 0 saturated heterocycles. The van der Waals surface area contributed by atoms with Gasteiger partial charge >= 0.3 is 0 Å². The van der Waals surface area contributed by atoms with Crippen LogP contribution in [0.15, 0.2) is 0 Å². The largest absolute Gasteiger partial charge is 0.396 e. The molecule has 0 heterocycles. The fourth-order valence-electron chi connectivity index (χ4n) is 0.887. The monoisotopic (exact) mass is 189 g/mol. The first-order valence-corrected chi connectivity index (χ1v) is 4.60. The Hall–Kier alpha value is -0.610. The molecule has 0 aliphatic rings. The molecule has 1 amide bonds. The van der Waals surface area contributed by atoms with Gasteiger partial charge in [0, 0.05) is 26.7 Å². The van der Waals surface area contributed by atoms with Crippen molar-refractivity contribution >= 4 is 5.91 Å². The van der Waals surface area contributed by atoms with E-state index >= 15 is 0 Å². The Bertz CT molecular complexity index is 139. The first-order valence-electron chi connectivity index (χ1n) is 4.60. The quantitative estimate of drug-likeness (QED) is 0.561. The third-order valence-electron chi connectivity index (χ3n) is 1.64. The van der Waals surface area contributed by atoms with Gasteiger partial charge in [0.15, 0.2) is 0 Å². The minimum Gasteiger partial charge on any atom is -0.396 e. The van der Waals surface area contributed by atoms with Crippen molar-refractivity contribution in [3.05, 3.63) is 0 Å². The molecule has 13 heavy (non-hydrogen) atoms. The smallest absolute Gasteiger partial charge is 0.216 e. The van der Waals surface area contributed by atoms with Gasteiger partial charge in [-0.2, -0.15) is 0 Å². The van der Waals surface area contributed by atoms with E-state index in [9.17, 15) is 4.79 Å². The van der Waals surface area contributed by atoms with Gasteiger partial charge < -0.3 is 15.2 Å². The molecule has 0 aliphatic carbocycles. The number of carbonyl (C=O) groups is 1. The Kier molecular flexibility index (Phi) is 7.63. The van der Waals surface area contributed by atoms with E-state index in [4.69, 9.17) is 9.84 Å². The zero-order valence-electron chi connectivity index (χ0n) is 8.38. The maximum absolute atomic E-state index is 10.4. The van der Waals surface area contributed by atoms with Gasteiger partial charge in [0.05, 0.1) is 6.61 Å². The summed E-state index contributed by atoms with van der Waals surface area (Å²) in [7, 11) is 0. The maximum Gasteiger partial charge on any atom is 0.216 e. The lowest BCUT2D eigenvalue weighted by molar-refractivity contribution is -0.119. The SMILES string of the molecule is CC(=O)NCCOCC(C)CCO. The Morgan fingerprint density at radius 1 is 1.62 bits per heavy atom. The van der Waals surface area contributed by atoms with E-state index < -0.39 is 0 Å². The summed E-state index contributed by atoms with van der Waals surface area (Å²) in [6.45, 7) is 5.44. The van der Waals surface area contributed by atoms with E-state index in [1.807, 2.05) is 6.92 Å². The molecule has 1 atom stereocenters. The lowest BCUT2D eigenvalue weighted by atomic mass is 10.1. The molecule has 78 valence electrons.